The zero-order valence-corrected chi connectivity index (χ0v) is 4.24. The Balaban J connectivity index is 2.53. The van der Waals surface area contributed by atoms with Gasteiger partial charge in [0.15, 0.2) is 0 Å². The van der Waals surface area contributed by atoms with Crippen molar-refractivity contribution < 1.29 is 13.2 Å². The summed E-state index contributed by atoms with van der Waals surface area (Å²) in [5.74, 6) is 0. The van der Waals surface area contributed by atoms with Gasteiger partial charge in [0.2, 0.25) is 0 Å². The molecule has 6 heteroatoms. The first kappa shape index (κ1) is 6.21. The van der Waals surface area contributed by atoms with Gasteiger partial charge < -0.3 is 5.43 Å². The number of hydrazine groups is 2. The van der Waals surface area contributed by atoms with Crippen molar-refractivity contribution in [3.8, 4) is 0 Å². The highest BCUT2D eigenvalue weighted by Gasteiger charge is 2.36. The normalized spacial score (nSPS) is 18.3. The minimum atomic E-state index is -4.35. The van der Waals surface area contributed by atoms with Crippen LogP contribution in [0.4, 0.5) is 13.2 Å². The number of hydrogen-bond donors (Lipinski definition) is 2. The quantitative estimate of drug-likeness (QED) is 0.473. The number of halogens is 3. The van der Waals surface area contributed by atoms with E-state index in [0.717, 1.165) is 12.4 Å². The lowest BCUT2D eigenvalue weighted by Crippen LogP contribution is -2.44. The van der Waals surface area contributed by atoms with E-state index in [4.69, 9.17) is 0 Å². The summed E-state index contributed by atoms with van der Waals surface area (Å²) in [5, 5.41) is 0.00694. The molecule has 0 aromatic heterocycles. The van der Waals surface area contributed by atoms with Crippen molar-refractivity contribution in [2.45, 2.75) is 6.30 Å². The highest BCUT2D eigenvalue weighted by Crippen LogP contribution is 2.19. The smallest absolute Gasteiger partial charge is 0.309 e. The monoisotopic (exact) mass is 139 g/mol. The van der Waals surface area contributed by atoms with Crippen LogP contribution in [0.5, 0.6) is 0 Å². The molecule has 0 radical (unpaired) electrons. The molecule has 1 rings (SSSR count). The molecule has 1 heterocycles. The molecular weight excluding hydrogens is 135 g/mol. The van der Waals surface area contributed by atoms with E-state index in [1.165, 1.54) is 0 Å². The second-order valence-electron chi connectivity index (χ2n) is 1.41. The lowest BCUT2D eigenvalue weighted by molar-refractivity contribution is -0.243. The summed E-state index contributed by atoms with van der Waals surface area (Å²) in [6, 6.07) is 0. The second kappa shape index (κ2) is 1.80. The third-order valence-electron chi connectivity index (χ3n) is 0.765. The van der Waals surface area contributed by atoms with Crippen LogP contribution in [0.3, 0.4) is 0 Å². The molecule has 0 aromatic carbocycles. The summed E-state index contributed by atoms with van der Waals surface area (Å²) in [5.41, 5.74) is 4.00. The molecule has 1 aliphatic rings. The second-order valence-corrected chi connectivity index (χ2v) is 1.41. The minimum absolute atomic E-state index is 0.00694. The third-order valence-corrected chi connectivity index (χ3v) is 0.765. The number of nitrogens with zero attached hydrogens (tertiary/aromatic N) is 1. The van der Waals surface area contributed by atoms with Crippen LogP contribution in [0, 0.1) is 0 Å². The van der Waals surface area contributed by atoms with Crippen LogP contribution in [0.15, 0.2) is 12.4 Å². The number of hydrogen-bond acceptors (Lipinski definition) is 3. The minimum Gasteiger partial charge on any atom is -0.309 e. The fraction of sp³-hybridized carbons (Fsp3) is 0.333. The third kappa shape index (κ3) is 1.26. The molecule has 0 atom stereocenters. The Morgan fingerprint density at radius 1 is 1.33 bits per heavy atom. The molecule has 1 aliphatic heterocycles. The topological polar surface area (TPSA) is 27.3 Å². The Morgan fingerprint density at radius 3 is 2.22 bits per heavy atom. The molecule has 0 amide bonds. The average molecular weight is 139 g/mol. The van der Waals surface area contributed by atoms with Crippen LogP contribution in [-0.2, 0) is 0 Å². The number of alkyl halides is 3. The standard InChI is InChI=1S/C3H4F3N3/c4-3(5,6)9-2-1-7-8-9/h1-2,7-8H. The van der Waals surface area contributed by atoms with E-state index in [9.17, 15) is 13.2 Å². The molecule has 0 spiro atoms. The van der Waals surface area contributed by atoms with Gasteiger partial charge in [-0.25, -0.2) is 5.01 Å². The van der Waals surface area contributed by atoms with E-state index in [-0.39, 0.29) is 5.01 Å². The Morgan fingerprint density at radius 2 is 2.00 bits per heavy atom. The van der Waals surface area contributed by atoms with Crippen molar-refractivity contribution in [3.63, 3.8) is 0 Å². The van der Waals surface area contributed by atoms with Gasteiger partial charge in [0, 0.05) is 12.4 Å². The van der Waals surface area contributed by atoms with Crippen LogP contribution >= 0.6 is 0 Å². The van der Waals surface area contributed by atoms with E-state index in [2.05, 4.69) is 5.43 Å². The van der Waals surface area contributed by atoms with Gasteiger partial charge in [-0.15, -0.1) is 18.7 Å². The molecule has 52 valence electrons. The Bertz CT molecular complexity index is 129. The first-order valence-corrected chi connectivity index (χ1v) is 2.14. The molecule has 0 saturated carbocycles. The van der Waals surface area contributed by atoms with Crippen molar-refractivity contribution in [1.82, 2.24) is 16.0 Å². The van der Waals surface area contributed by atoms with E-state index in [0.29, 0.717) is 0 Å². The predicted molar refractivity (Wildman–Crippen MR) is 23.3 cm³/mol. The molecule has 0 saturated heterocycles. The predicted octanol–water partition coefficient (Wildman–Crippen LogP) is 0.302. The van der Waals surface area contributed by atoms with Crippen LogP contribution < -0.4 is 11.0 Å². The first-order valence-electron chi connectivity index (χ1n) is 2.14. The van der Waals surface area contributed by atoms with Crippen molar-refractivity contribution in [1.29, 1.82) is 0 Å². The molecular formula is C3H4F3N3. The molecule has 3 nitrogen and oxygen atoms in total. The first-order chi connectivity index (χ1) is 4.11. The largest absolute Gasteiger partial charge is 0.499 e. The molecule has 0 unspecified atom stereocenters. The lowest BCUT2D eigenvalue weighted by atomic mass is 10.9. The van der Waals surface area contributed by atoms with Gasteiger partial charge >= 0.3 is 6.30 Å². The molecule has 0 aliphatic carbocycles. The zero-order chi connectivity index (χ0) is 6.91. The van der Waals surface area contributed by atoms with E-state index in [1.807, 2.05) is 5.53 Å². The van der Waals surface area contributed by atoms with Crippen LogP contribution in [0.1, 0.15) is 0 Å². The van der Waals surface area contributed by atoms with E-state index >= 15 is 0 Å². The maximum Gasteiger partial charge on any atom is 0.499 e. The van der Waals surface area contributed by atoms with Crippen LogP contribution in [0.2, 0.25) is 0 Å². The molecule has 0 aromatic rings. The summed E-state index contributed by atoms with van der Waals surface area (Å²) >= 11 is 0. The lowest BCUT2D eigenvalue weighted by Gasteiger charge is -2.17. The van der Waals surface area contributed by atoms with Gasteiger partial charge in [-0.05, 0) is 0 Å². The Hall–Kier alpha value is -0.910. The highest BCUT2D eigenvalue weighted by molar-refractivity contribution is 4.83. The SMILES string of the molecule is FC(F)(F)N1C=CNN1. The van der Waals surface area contributed by atoms with Crippen molar-refractivity contribution >= 4 is 0 Å². The fourth-order valence-corrected chi connectivity index (χ4v) is 0.404. The molecule has 0 fully saturated rings. The maximum atomic E-state index is 11.5. The maximum absolute atomic E-state index is 11.5. The highest BCUT2D eigenvalue weighted by atomic mass is 19.4. The summed E-state index contributed by atoms with van der Waals surface area (Å²) in [7, 11) is 0. The average Bonchev–Trinajstić information content (AvgIpc) is 2.08. The number of rotatable bonds is 0. The van der Waals surface area contributed by atoms with Gasteiger partial charge in [-0.3, -0.25) is 0 Å². The van der Waals surface area contributed by atoms with Gasteiger partial charge in [-0.2, -0.15) is 0 Å². The van der Waals surface area contributed by atoms with E-state index < -0.39 is 6.30 Å². The summed E-state index contributed by atoms with van der Waals surface area (Å²) in [4.78, 5) is 0. The number of nitrogens with one attached hydrogen (secondary N) is 2. The Labute approximate surface area is 49.1 Å². The van der Waals surface area contributed by atoms with Crippen LogP contribution in [0.25, 0.3) is 0 Å². The van der Waals surface area contributed by atoms with Gasteiger partial charge in [0.1, 0.15) is 0 Å². The van der Waals surface area contributed by atoms with Gasteiger partial charge in [-0.1, -0.05) is 0 Å². The summed E-state index contributed by atoms with van der Waals surface area (Å²) in [6.45, 7) is 0. The van der Waals surface area contributed by atoms with Gasteiger partial charge in [0.05, 0.1) is 0 Å². The van der Waals surface area contributed by atoms with Crippen molar-refractivity contribution in [3.05, 3.63) is 12.4 Å². The van der Waals surface area contributed by atoms with Crippen LogP contribution in [-0.4, -0.2) is 11.3 Å². The van der Waals surface area contributed by atoms with Crippen molar-refractivity contribution in [2.24, 2.45) is 0 Å². The Kier molecular flexibility index (Phi) is 1.24. The fourth-order valence-electron chi connectivity index (χ4n) is 0.404. The summed E-state index contributed by atoms with van der Waals surface area (Å²) < 4.78 is 34.6. The van der Waals surface area contributed by atoms with Gasteiger partial charge in [0.25, 0.3) is 0 Å². The molecule has 9 heavy (non-hydrogen) atoms. The molecule has 0 bridgehead atoms. The summed E-state index contributed by atoms with van der Waals surface area (Å²) in [6.07, 6.45) is -2.35. The zero-order valence-electron chi connectivity index (χ0n) is 4.24. The van der Waals surface area contributed by atoms with E-state index in [1.54, 1.807) is 0 Å². The van der Waals surface area contributed by atoms with Crippen molar-refractivity contribution in [2.75, 3.05) is 0 Å². The molecule has 2 N–H and O–H groups in total.